The van der Waals surface area contributed by atoms with Crippen LogP contribution in [0.3, 0.4) is 0 Å². The first-order valence-electron chi connectivity index (χ1n) is 4.53. The number of ether oxygens (including phenoxy) is 1. The van der Waals surface area contributed by atoms with Crippen LogP contribution in [0.1, 0.15) is 32.1 Å². The Morgan fingerprint density at radius 2 is 1.79 bits per heavy atom. The summed E-state index contributed by atoms with van der Waals surface area (Å²) in [5, 5.41) is 2.19. The molecule has 0 aromatic carbocycles. The van der Waals surface area contributed by atoms with Gasteiger partial charge >= 0.3 is 12.5 Å². The van der Waals surface area contributed by atoms with Gasteiger partial charge in [-0.05, 0) is 12.8 Å². The third-order valence-electron chi connectivity index (χ3n) is 2.14. The van der Waals surface area contributed by atoms with Crippen molar-refractivity contribution in [3.63, 3.8) is 0 Å². The summed E-state index contributed by atoms with van der Waals surface area (Å²) in [5.41, 5.74) is 0. The molecule has 82 valence electrons. The number of alkyl carbamates (subject to hydrolysis) is 1. The van der Waals surface area contributed by atoms with E-state index in [-0.39, 0.29) is 6.04 Å². The molecule has 0 radical (unpaired) electrons. The van der Waals surface area contributed by atoms with Crippen molar-refractivity contribution in [3.8, 4) is 0 Å². The van der Waals surface area contributed by atoms with Gasteiger partial charge in [-0.2, -0.15) is 0 Å². The van der Waals surface area contributed by atoms with E-state index in [0.717, 1.165) is 32.1 Å². The summed E-state index contributed by atoms with van der Waals surface area (Å²) < 4.78 is 37.9. The highest BCUT2D eigenvalue weighted by atomic mass is 19.4. The molecule has 0 saturated heterocycles. The second kappa shape index (κ2) is 4.52. The molecule has 1 aliphatic carbocycles. The zero-order valence-electron chi connectivity index (χ0n) is 7.56. The molecule has 1 aliphatic rings. The average Bonchev–Trinajstić information content (AvgIpc) is 2.02. The zero-order valence-corrected chi connectivity index (χ0v) is 7.56. The van der Waals surface area contributed by atoms with Crippen molar-refractivity contribution in [2.75, 3.05) is 0 Å². The Bertz CT molecular complexity index is 199. The van der Waals surface area contributed by atoms with Crippen LogP contribution in [0.25, 0.3) is 0 Å². The first-order valence-corrected chi connectivity index (χ1v) is 4.53. The van der Waals surface area contributed by atoms with E-state index in [1.54, 1.807) is 0 Å². The molecule has 3 nitrogen and oxygen atoms in total. The number of alkyl halides is 3. The summed E-state index contributed by atoms with van der Waals surface area (Å²) >= 11 is 0. The van der Waals surface area contributed by atoms with E-state index >= 15 is 0 Å². The number of rotatable bonds is 1. The fraction of sp³-hybridized carbons (Fsp3) is 0.875. The third-order valence-corrected chi connectivity index (χ3v) is 2.14. The van der Waals surface area contributed by atoms with Crippen LogP contribution in [0.4, 0.5) is 18.0 Å². The van der Waals surface area contributed by atoms with Crippen molar-refractivity contribution in [1.29, 1.82) is 0 Å². The second-order valence-electron chi connectivity index (χ2n) is 3.31. The lowest BCUT2D eigenvalue weighted by atomic mass is 9.96. The predicted octanol–water partition coefficient (Wildman–Crippen LogP) is 2.57. The van der Waals surface area contributed by atoms with Crippen LogP contribution in [0.2, 0.25) is 0 Å². The first-order chi connectivity index (χ1) is 6.47. The quantitative estimate of drug-likeness (QED) is 0.723. The smallest absolute Gasteiger partial charge is 0.356 e. The molecule has 0 bridgehead atoms. The lowest BCUT2D eigenvalue weighted by molar-refractivity contribution is -0.291. The molecule has 0 aromatic heterocycles. The van der Waals surface area contributed by atoms with Crippen LogP contribution in [0.5, 0.6) is 0 Å². The molecule has 0 unspecified atom stereocenters. The number of nitrogens with one attached hydrogen (secondary N) is 1. The zero-order chi connectivity index (χ0) is 10.6. The molecule has 1 amide bonds. The van der Waals surface area contributed by atoms with Gasteiger partial charge in [-0.3, -0.25) is 0 Å². The van der Waals surface area contributed by atoms with E-state index < -0.39 is 12.5 Å². The summed E-state index contributed by atoms with van der Waals surface area (Å²) in [6.07, 6.45) is -1.87. The van der Waals surface area contributed by atoms with E-state index in [1.807, 2.05) is 0 Å². The second-order valence-corrected chi connectivity index (χ2v) is 3.31. The van der Waals surface area contributed by atoms with Crippen LogP contribution in [-0.2, 0) is 4.74 Å². The highest BCUT2D eigenvalue weighted by Crippen LogP contribution is 2.19. The number of hydrogen-bond acceptors (Lipinski definition) is 2. The molecule has 6 heteroatoms. The normalized spacial score (nSPS) is 19.1. The minimum atomic E-state index is -4.89. The van der Waals surface area contributed by atoms with E-state index in [9.17, 15) is 18.0 Å². The fourth-order valence-electron chi connectivity index (χ4n) is 1.55. The molecule has 1 rings (SSSR count). The van der Waals surface area contributed by atoms with Crippen LogP contribution >= 0.6 is 0 Å². The average molecular weight is 211 g/mol. The van der Waals surface area contributed by atoms with Crippen LogP contribution in [-0.4, -0.2) is 18.5 Å². The molecule has 0 aromatic rings. The lowest BCUT2D eigenvalue weighted by Crippen LogP contribution is -2.39. The number of amides is 1. The van der Waals surface area contributed by atoms with Gasteiger partial charge < -0.3 is 10.1 Å². The van der Waals surface area contributed by atoms with Gasteiger partial charge in [-0.25, -0.2) is 4.79 Å². The molecule has 0 spiro atoms. The van der Waals surface area contributed by atoms with Crippen LogP contribution in [0.15, 0.2) is 0 Å². The Morgan fingerprint density at radius 3 is 2.29 bits per heavy atom. The highest BCUT2D eigenvalue weighted by Gasteiger charge is 2.34. The Morgan fingerprint density at radius 1 is 1.21 bits per heavy atom. The molecule has 14 heavy (non-hydrogen) atoms. The van der Waals surface area contributed by atoms with Crippen molar-refractivity contribution >= 4 is 6.09 Å². The van der Waals surface area contributed by atoms with Crippen molar-refractivity contribution in [3.05, 3.63) is 0 Å². The monoisotopic (exact) mass is 211 g/mol. The van der Waals surface area contributed by atoms with Crippen molar-refractivity contribution < 1.29 is 22.7 Å². The van der Waals surface area contributed by atoms with Crippen molar-refractivity contribution in [1.82, 2.24) is 5.32 Å². The van der Waals surface area contributed by atoms with Gasteiger partial charge in [-0.1, -0.05) is 19.3 Å². The molecule has 1 N–H and O–H groups in total. The molecule has 1 fully saturated rings. The maximum atomic E-state index is 11.6. The predicted molar refractivity (Wildman–Crippen MR) is 42.5 cm³/mol. The third kappa shape index (κ3) is 4.34. The minimum Gasteiger partial charge on any atom is -0.356 e. The lowest BCUT2D eigenvalue weighted by Gasteiger charge is -2.22. The standard InChI is InChI=1S/C8H12F3NO2/c9-8(10,11)14-7(13)12-6-4-2-1-3-5-6/h6H,1-5H2,(H,12,13). The Balaban J connectivity index is 2.25. The van der Waals surface area contributed by atoms with Gasteiger partial charge in [0.05, 0.1) is 0 Å². The van der Waals surface area contributed by atoms with Crippen LogP contribution < -0.4 is 5.32 Å². The Kier molecular flexibility index (Phi) is 3.60. The maximum absolute atomic E-state index is 11.6. The number of carbonyl (C=O) groups excluding carboxylic acids is 1. The topological polar surface area (TPSA) is 38.3 Å². The summed E-state index contributed by atoms with van der Waals surface area (Å²) in [4.78, 5) is 10.7. The first kappa shape index (κ1) is 11.1. The van der Waals surface area contributed by atoms with E-state index in [0.29, 0.717) is 0 Å². The highest BCUT2D eigenvalue weighted by molar-refractivity contribution is 5.67. The molecule has 0 atom stereocenters. The van der Waals surface area contributed by atoms with Gasteiger partial charge in [-0.15, -0.1) is 13.2 Å². The van der Waals surface area contributed by atoms with Gasteiger partial charge in [0.2, 0.25) is 0 Å². The van der Waals surface area contributed by atoms with Crippen molar-refractivity contribution in [2.45, 2.75) is 44.5 Å². The number of halogens is 3. The molecule has 0 aliphatic heterocycles. The van der Waals surface area contributed by atoms with Gasteiger partial charge in [0.15, 0.2) is 0 Å². The van der Waals surface area contributed by atoms with E-state index in [4.69, 9.17) is 0 Å². The summed E-state index contributed by atoms with van der Waals surface area (Å²) in [7, 11) is 0. The van der Waals surface area contributed by atoms with Gasteiger partial charge in [0.25, 0.3) is 0 Å². The molecular weight excluding hydrogens is 199 g/mol. The summed E-state index contributed by atoms with van der Waals surface area (Å²) in [5.74, 6) is 0. The Labute approximate surface area is 79.6 Å². The largest absolute Gasteiger partial charge is 0.576 e. The van der Waals surface area contributed by atoms with Gasteiger partial charge in [0.1, 0.15) is 0 Å². The summed E-state index contributed by atoms with van der Waals surface area (Å²) in [6.45, 7) is 0. The number of hydrogen-bond donors (Lipinski definition) is 1. The molecule has 0 heterocycles. The van der Waals surface area contributed by atoms with E-state index in [2.05, 4.69) is 10.1 Å². The van der Waals surface area contributed by atoms with Crippen LogP contribution in [0, 0.1) is 0 Å². The summed E-state index contributed by atoms with van der Waals surface area (Å²) in [6, 6.07) is -0.168. The minimum absolute atomic E-state index is 0.168. The Hall–Kier alpha value is -0.940. The maximum Gasteiger partial charge on any atom is 0.576 e. The molecular formula is C8H12F3NO2. The van der Waals surface area contributed by atoms with E-state index in [1.165, 1.54) is 0 Å². The molecule has 1 saturated carbocycles. The SMILES string of the molecule is O=C(NC1CCCCC1)OC(F)(F)F. The van der Waals surface area contributed by atoms with Crippen molar-refractivity contribution in [2.24, 2.45) is 0 Å². The number of carbonyl (C=O) groups is 1. The fourth-order valence-corrected chi connectivity index (χ4v) is 1.55. The van der Waals surface area contributed by atoms with Gasteiger partial charge in [0, 0.05) is 6.04 Å².